The van der Waals surface area contributed by atoms with Crippen molar-refractivity contribution in [2.45, 2.75) is 154 Å². The second kappa shape index (κ2) is 19.3. The fraction of sp³-hybridized carbons (Fsp3) is 0.900. The van der Waals surface area contributed by atoms with E-state index in [4.69, 9.17) is 42.6 Å². The Morgan fingerprint density at radius 3 is 1.19 bits per heavy atom. The van der Waals surface area contributed by atoms with Crippen molar-refractivity contribution in [1.29, 1.82) is 0 Å². The molecule has 0 bridgehead atoms. The zero-order valence-electron chi connectivity index (χ0n) is 29.8. The standard InChI is InChI=1S/C30H46O29/c31-1-3-5(33)8(36)20(58-27-13(41)6(34)9(37)18(56-27)23(44)45)29(51-3)54-16-4(2-32)52-30(55-17-11(39)12(40)26(50)53-22(17)25(48)49)21(15(16)43)59-28-14(42)7(35)10(38)19(57-28)24(46)47/h3-22,26-43,50H,1-2H2,(H,44,45)(H,46,47)(H,48,49)/t3-,4-,5-,6+,7+,8+,9+,10+,11-,12-,13-,14-,15+,16-,17+,18+,19+,20+,21+,22+,26-,27+,28+,29?,30-/m1/s1. The third-order valence-electron chi connectivity index (χ3n) is 10.2. The Hall–Kier alpha value is -2.51. The first-order chi connectivity index (χ1) is 27.6. The Bertz CT molecular complexity index is 1440. The van der Waals surface area contributed by atoms with Crippen molar-refractivity contribution in [2.75, 3.05) is 13.2 Å². The molecule has 29 nitrogen and oxygen atoms in total. The molecule has 340 valence electrons. The van der Waals surface area contributed by atoms with Crippen LogP contribution in [0.5, 0.6) is 0 Å². The topological polar surface area (TPSA) is 478 Å². The van der Waals surface area contributed by atoms with Crippen molar-refractivity contribution in [3.05, 3.63) is 0 Å². The van der Waals surface area contributed by atoms with E-state index in [1.165, 1.54) is 0 Å². The first-order valence-corrected chi connectivity index (χ1v) is 17.6. The van der Waals surface area contributed by atoms with Gasteiger partial charge in [0.05, 0.1) is 13.2 Å². The van der Waals surface area contributed by atoms with Crippen LogP contribution in [0.2, 0.25) is 0 Å². The van der Waals surface area contributed by atoms with Gasteiger partial charge in [-0.05, 0) is 0 Å². The summed E-state index contributed by atoms with van der Waals surface area (Å²) in [6.45, 7) is -2.26. The summed E-state index contributed by atoms with van der Waals surface area (Å²) in [5.74, 6) is -5.64. The van der Waals surface area contributed by atoms with Crippen molar-refractivity contribution >= 4 is 17.9 Å². The average Bonchev–Trinajstić information content (AvgIpc) is 3.18. The molecular formula is C30H46O29. The molecule has 29 heteroatoms. The lowest BCUT2D eigenvalue weighted by molar-refractivity contribution is -0.406. The molecule has 5 aliphatic rings. The van der Waals surface area contributed by atoms with Crippen LogP contribution in [0.3, 0.4) is 0 Å². The first kappa shape index (κ1) is 47.5. The number of aliphatic hydroxyl groups is 14. The molecule has 5 fully saturated rings. The van der Waals surface area contributed by atoms with Crippen molar-refractivity contribution in [2.24, 2.45) is 0 Å². The number of ether oxygens (including phenoxy) is 9. The van der Waals surface area contributed by atoms with Crippen LogP contribution in [0.25, 0.3) is 0 Å². The van der Waals surface area contributed by atoms with Gasteiger partial charge in [0.1, 0.15) is 104 Å². The summed E-state index contributed by atoms with van der Waals surface area (Å²) in [4.78, 5) is 35.5. The largest absolute Gasteiger partial charge is 0.479 e. The highest BCUT2D eigenvalue weighted by atomic mass is 16.8. The molecule has 5 rings (SSSR count). The van der Waals surface area contributed by atoms with Gasteiger partial charge in [-0.3, -0.25) is 0 Å². The van der Waals surface area contributed by atoms with Gasteiger partial charge in [-0.15, -0.1) is 0 Å². The summed E-state index contributed by atoms with van der Waals surface area (Å²) < 4.78 is 48.6. The summed E-state index contributed by atoms with van der Waals surface area (Å²) in [6.07, 6.45) is -55.9. The van der Waals surface area contributed by atoms with Crippen LogP contribution in [0, 0.1) is 0 Å². The summed E-state index contributed by atoms with van der Waals surface area (Å²) in [5.41, 5.74) is 0. The highest BCUT2D eigenvalue weighted by molar-refractivity contribution is 5.74. The minimum Gasteiger partial charge on any atom is -0.479 e. The maximum atomic E-state index is 12.0. The van der Waals surface area contributed by atoms with Gasteiger partial charge in [0.2, 0.25) is 0 Å². The number of aliphatic hydroxyl groups excluding tert-OH is 14. The zero-order valence-corrected chi connectivity index (χ0v) is 29.8. The maximum absolute atomic E-state index is 12.0. The second-order valence-corrected chi connectivity index (χ2v) is 14.1. The fourth-order valence-electron chi connectivity index (χ4n) is 6.92. The molecule has 17 N–H and O–H groups in total. The van der Waals surface area contributed by atoms with E-state index in [0.29, 0.717) is 0 Å². The van der Waals surface area contributed by atoms with E-state index < -0.39 is 185 Å². The lowest BCUT2D eigenvalue weighted by Crippen LogP contribution is -2.69. The lowest BCUT2D eigenvalue weighted by atomic mass is 9.95. The van der Waals surface area contributed by atoms with Crippen LogP contribution in [0.15, 0.2) is 0 Å². The number of aliphatic carboxylic acids is 3. The van der Waals surface area contributed by atoms with Gasteiger partial charge in [-0.25, -0.2) is 14.4 Å². The summed E-state index contributed by atoms with van der Waals surface area (Å²) in [7, 11) is 0. The first-order valence-electron chi connectivity index (χ1n) is 17.6. The monoisotopic (exact) mass is 870 g/mol. The Morgan fingerprint density at radius 1 is 0.356 bits per heavy atom. The molecule has 5 heterocycles. The van der Waals surface area contributed by atoms with Crippen molar-refractivity contribution in [3.8, 4) is 0 Å². The van der Waals surface area contributed by atoms with Crippen molar-refractivity contribution in [1.82, 2.24) is 0 Å². The molecule has 25 atom stereocenters. The molecule has 0 spiro atoms. The number of rotatable bonds is 13. The van der Waals surface area contributed by atoms with Crippen LogP contribution in [-0.2, 0) is 57.0 Å². The third-order valence-corrected chi connectivity index (χ3v) is 10.2. The van der Waals surface area contributed by atoms with Gasteiger partial charge in [-0.1, -0.05) is 0 Å². The molecule has 0 aromatic carbocycles. The zero-order chi connectivity index (χ0) is 43.9. The number of hydrogen-bond donors (Lipinski definition) is 17. The van der Waals surface area contributed by atoms with Gasteiger partial charge in [-0.2, -0.15) is 0 Å². The van der Waals surface area contributed by atoms with Gasteiger partial charge in [0.15, 0.2) is 49.8 Å². The molecule has 0 saturated carbocycles. The normalized spacial score (nSPS) is 50.8. The van der Waals surface area contributed by atoms with E-state index >= 15 is 0 Å². The number of carbonyl (C=O) groups is 3. The fourth-order valence-corrected chi connectivity index (χ4v) is 6.92. The summed E-state index contributed by atoms with van der Waals surface area (Å²) >= 11 is 0. The van der Waals surface area contributed by atoms with Gasteiger partial charge < -0.3 is 129 Å². The number of carboxylic acid groups (broad SMARTS) is 3. The van der Waals surface area contributed by atoms with Crippen LogP contribution in [0.1, 0.15) is 0 Å². The predicted molar refractivity (Wildman–Crippen MR) is 168 cm³/mol. The highest BCUT2D eigenvalue weighted by Gasteiger charge is 2.58. The molecule has 0 aromatic heterocycles. The van der Waals surface area contributed by atoms with Crippen LogP contribution in [0.4, 0.5) is 0 Å². The summed E-state index contributed by atoms with van der Waals surface area (Å²) in [5, 5.41) is 175. The van der Waals surface area contributed by atoms with Gasteiger partial charge in [0, 0.05) is 0 Å². The Morgan fingerprint density at radius 2 is 0.746 bits per heavy atom. The molecular weight excluding hydrogens is 824 g/mol. The summed E-state index contributed by atoms with van der Waals surface area (Å²) in [6, 6.07) is 0. The smallest absolute Gasteiger partial charge is 0.335 e. The van der Waals surface area contributed by atoms with Crippen LogP contribution < -0.4 is 0 Å². The van der Waals surface area contributed by atoms with Gasteiger partial charge >= 0.3 is 17.9 Å². The molecule has 0 aromatic rings. The van der Waals surface area contributed by atoms with Crippen LogP contribution >= 0.6 is 0 Å². The molecule has 0 aliphatic carbocycles. The van der Waals surface area contributed by atoms with E-state index in [9.17, 15) is 101 Å². The third kappa shape index (κ3) is 9.47. The van der Waals surface area contributed by atoms with E-state index in [0.717, 1.165) is 0 Å². The highest BCUT2D eigenvalue weighted by Crippen LogP contribution is 2.37. The number of carboxylic acids is 3. The average molecular weight is 871 g/mol. The second-order valence-electron chi connectivity index (χ2n) is 14.1. The SMILES string of the molecule is O=C(O)[C@H]1O[C@@H](O[C@@H]2[C@@H](O[C@H]3[C@H](O)[C@@H](O)[C@H](O)O[C@@H]3C(=O)O)O[C@H](CO)[C@@H](OC3O[C@H](CO)[C@@H](O)[C@H](O)[C@@H]3O[C@@H]3O[C@H](C(=O)O)[C@@H](O)[C@H](O)[C@H]3O)[C@@H]2O)[C@H](O)[C@@H](O)[C@@H]1O. The molecule has 0 radical (unpaired) electrons. The Kier molecular flexibility index (Phi) is 15.5. The molecule has 5 saturated heterocycles. The predicted octanol–water partition coefficient (Wildman–Crippen LogP) is -11.6. The Balaban J connectivity index is 1.50. The van der Waals surface area contributed by atoms with Crippen molar-refractivity contribution in [3.63, 3.8) is 0 Å². The Labute approximate surface area is 328 Å². The quantitative estimate of drug-likeness (QED) is 0.0817. The van der Waals surface area contributed by atoms with E-state index in [1.807, 2.05) is 0 Å². The molecule has 0 amide bonds. The van der Waals surface area contributed by atoms with Crippen molar-refractivity contribution < 1.29 is 144 Å². The van der Waals surface area contributed by atoms with E-state index in [1.54, 1.807) is 0 Å². The van der Waals surface area contributed by atoms with Gasteiger partial charge in [0.25, 0.3) is 0 Å². The lowest BCUT2D eigenvalue weighted by Gasteiger charge is -2.50. The number of hydrogen-bond acceptors (Lipinski definition) is 26. The molecule has 59 heavy (non-hydrogen) atoms. The molecule has 1 unspecified atom stereocenters. The van der Waals surface area contributed by atoms with E-state index in [2.05, 4.69) is 0 Å². The minimum absolute atomic E-state index is 1.05. The van der Waals surface area contributed by atoms with Crippen LogP contribution in [-0.4, -0.2) is 271 Å². The molecule has 5 aliphatic heterocycles. The van der Waals surface area contributed by atoms with E-state index in [-0.39, 0.29) is 0 Å². The minimum atomic E-state index is -2.43. The maximum Gasteiger partial charge on any atom is 0.335 e.